The van der Waals surface area contributed by atoms with E-state index in [1.807, 2.05) is 12.1 Å². The van der Waals surface area contributed by atoms with Crippen molar-refractivity contribution in [3.05, 3.63) is 83.9 Å². The molecule has 2 amide bonds. The second-order valence-electron chi connectivity index (χ2n) is 9.05. The molecule has 5 rings (SSSR count). The van der Waals surface area contributed by atoms with E-state index in [4.69, 9.17) is 9.52 Å². The SMILES string of the molecule is O=C(O)NCc1cc2cc(-c3ccc(C(=O)N4CCC(F)(F)CC4)cc3)cc(-c3ccc(F)cc3)c2o1. The zero-order valence-electron chi connectivity index (χ0n) is 19.6. The summed E-state index contributed by atoms with van der Waals surface area (Å²) in [6.45, 7) is 0.0249. The van der Waals surface area contributed by atoms with Crippen LogP contribution in [0.2, 0.25) is 0 Å². The first-order valence-corrected chi connectivity index (χ1v) is 11.8. The number of rotatable bonds is 5. The lowest BCUT2D eigenvalue weighted by atomic mass is 9.96. The number of furan rings is 1. The number of nitrogens with zero attached hydrogens (tertiary/aromatic N) is 1. The number of piperidine rings is 1. The number of fused-ring (bicyclic) bond motifs is 1. The largest absolute Gasteiger partial charge is 0.465 e. The van der Waals surface area contributed by atoms with Crippen molar-refractivity contribution in [1.82, 2.24) is 10.2 Å². The van der Waals surface area contributed by atoms with Gasteiger partial charge in [0.1, 0.15) is 17.2 Å². The molecular weight excluding hydrogens is 485 g/mol. The van der Waals surface area contributed by atoms with E-state index in [0.717, 1.165) is 16.5 Å². The third-order valence-corrected chi connectivity index (χ3v) is 6.48. The van der Waals surface area contributed by atoms with Crippen LogP contribution in [0.25, 0.3) is 33.2 Å². The van der Waals surface area contributed by atoms with Crippen LogP contribution < -0.4 is 5.32 Å². The fraction of sp³-hybridized carbons (Fsp3) is 0.214. The molecule has 2 N–H and O–H groups in total. The average Bonchev–Trinajstić information content (AvgIpc) is 3.30. The van der Waals surface area contributed by atoms with Crippen LogP contribution in [0, 0.1) is 5.82 Å². The lowest BCUT2D eigenvalue weighted by Gasteiger charge is -2.31. The summed E-state index contributed by atoms with van der Waals surface area (Å²) in [5, 5.41) is 11.9. The van der Waals surface area contributed by atoms with Crippen molar-refractivity contribution in [2.75, 3.05) is 13.1 Å². The summed E-state index contributed by atoms with van der Waals surface area (Å²) in [5.74, 6) is -2.96. The summed E-state index contributed by atoms with van der Waals surface area (Å²) in [4.78, 5) is 25.2. The fourth-order valence-corrected chi connectivity index (χ4v) is 4.49. The van der Waals surface area contributed by atoms with Gasteiger partial charge in [-0.2, -0.15) is 0 Å². The lowest BCUT2D eigenvalue weighted by Crippen LogP contribution is -2.42. The first-order chi connectivity index (χ1) is 17.7. The van der Waals surface area contributed by atoms with E-state index in [9.17, 15) is 22.8 Å². The molecule has 9 heteroatoms. The quantitative estimate of drug-likeness (QED) is 0.321. The summed E-state index contributed by atoms with van der Waals surface area (Å²) >= 11 is 0. The molecule has 1 fully saturated rings. The molecule has 1 aliphatic heterocycles. The maximum atomic E-state index is 13.6. The van der Waals surface area contributed by atoms with E-state index in [0.29, 0.717) is 28.0 Å². The Morgan fingerprint density at radius 3 is 2.22 bits per heavy atom. The average molecular weight is 508 g/mol. The molecule has 190 valence electrons. The van der Waals surface area contributed by atoms with Gasteiger partial charge in [0.25, 0.3) is 11.8 Å². The van der Waals surface area contributed by atoms with Crippen molar-refractivity contribution in [1.29, 1.82) is 0 Å². The molecular formula is C28H23F3N2O4. The van der Waals surface area contributed by atoms with Crippen molar-refractivity contribution >= 4 is 23.0 Å². The number of carbonyl (C=O) groups is 2. The molecule has 1 aromatic heterocycles. The molecule has 1 saturated heterocycles. The van der Waals surface area contributed by atoms with E-state index in [2.05, 4.69) is 5.32 Å². The Kier molecular flexibility index (Phi) is 6.37. The lowest BCUT2D eigenvalue weighted by molar-refractivity contribution is -0.0494. The minimum atomic E-state index is -2.72. The zero-order chi connectivity index (χ0) is 26.2. The molecule has 4 aromatic rings. The molecule has 1 aliphatic rings. The van der Waals surface area contributed by atoms with Crippen LogP contribution >= 0.6 is 0 Å². The predicted molar refractivity (Wildman–Crippen MR) is 132 cm³/mol. The van der Waals surface area contributed by atoms with Crippen molar-refractivity contribution < 1.29 is 32.3 Å². The summed E-state index contributed by atoms with van der Waals surface area (Å²) in [5.41, 5.74) is 3.98. The van der Waals surface area contributed by atoms with Gasteiger partial charge in [0, 0.05) is 42.4 Å². The highest BCUT2D eigenvalue weighted by atomic mass is 19.3. The number of nitrogens with one attached hydrogen (secondary N) is 1. The van der Waals surface area contributed by atoms with Crippen molar-refractivity contribution in [2.24, 2.45) is 0 Å². The van der Waals surface area contributed by atoms with Crippen LogP contribution in [0.15, 0.2) is 71.1 Å². The van der Waals surface area contributed by atoms with Crippen molar-refractivity contribution in [2.45, 2.75) is 25.3 Å². The van der Waals surface area contributed by atoms with Crippen LogP contribution in [0.3, 0.4) is 0 Å². The second-order valence-corrected chi connectivity index (χ2v) is 9.05. The smallest absolute Gasteiger partial charge is 0.405 e. The monoisotopic (exact) mass is 508 g/mol. The van der Waals surface area contributed by atoms with Crippen LogP contribution in [0.4, 0.5) is 18.0 Å². The van der Waals surface area contributed by atoms with Gasteiger partial charge in [-0.25, -0.2) is 18.0 Å². The normalized spacial score (nSPS) is 15.1. The van der Waals surface area contributed by atoms with E-state index in [1.165, 1.54) is 17.0 Å². The maximum Gasteiger partial charge on any atom is 0.405 e. The summed E-state index contributed by atoms with van der Waals surface area (Å²) in [6, 6.07) is 18.4. The minimum absolute atomic E-state index is 0.0125. The van der Waals surface area contributed by atoms with Gasteiger partial charge in [0.15, 0.2) is 0 Å². The molecule has 0 radical (unpaired) electrons. The van der Waals surface area contributed by atoms with Crippen molar-refractivity contribution in [3.63, 3.8) is 0 Å². The summed E-state index contributed by atoms with van der Waals surface area (Å²) in [6.07, 6.45) is -1.84. The van der Waals surface area contributed by atoms with E-state index in [-0.39, 0.29) is 44.2 Å². The van der Waals surface area contributed by atoms with Gasteiger partial charge in [-0.3, -0.25) is 4.79 Å². The molecule has 2 heterocycles. The van der Waals surface area contributed by atoms with Gasteiger partial charge in [-0.15, -0.1) is 0 Å². The number of likely N-dealkylation sites (tertiary alicyclic amines) is 1. The first-order valence-electron chi connectivity index (χ1n) is 11.8. The number of carbonyl (C=O) groups excluding carboxylic acids is 1. The molecule has 37 heavy (non-hydrogen) atoms. The number of hydrogen-bond donors (Lipinski definition) is 2. The van der Waals surface area contributed by atoms with Gasteiger partial charge >= 0.3 is 6.09 Å². The minimum Gasteiger partial charge on any atom is -0.465 e. The van der Waals surface area contributed by atoms with Crippen LogP contribution in [-0.4, -0.2) is 41.0 Å². The molecule has 6 nitrogen and oxygen atoms in total. The Hall–Kier alpha value is -4.27. The number of benzene rings is 3. The summed E-state index contributed by atoms with van der Waals surface area (Å²) < 4.78 is 46.4. The van der Waals surface area contributed by atoms with E-state index in [1.54, 1.807) is 42.5 Å². The number of alkyl halides is 2. The summed E-state index contributed by atoms with van der Waals surface area (Å²) in [7, 11) is 0. The predicted octanol–water partition coefficient (Wildman–Crippen LogP) is 6.54. The third-order valence-electron chi connectivity index (χ3n) is 6.48. The van der Waals surface area contributed by atoms with Crippen LogP contribution in [0.1, 0.15) is 29.0 Å². The van der Waals surface area contributed by atoms with Crippen LogP contribution in [-0.2, 0) is 6.54 Å². The standard InChI is InChI=1S/C28H23F3N2O4/c29-22-7-5-18(6-8-22)24-15-20(13-21-14-23(37-25(21)24)16-32-27(35)36)17-1-3-19(4-2-17)26(34)33-11-9-28(30,31)10-12-33/h1-8,13-15,32H,9-12,16H2,(H,35,36). The fourth-order valence-electron chi connectivity index (χ4n) is 4.49. The Balaban J connectivity index is 1.48. The Labute approximate surface area is 210 Å². The molecule has 3 aromatic carbocycles. The van der Waals surface area contributed by atoms with Gasteiger partial charge in [0.05, 0.1) is 6.54 Å². The maximum absolute atomic E-state index is 13.6. The third kappa shape index (κ3) is 5.30. The number of halogens is 3. The van der Waals surface area contributed by atoms with Crippen LogP contribution in [0.5, 0.6) is 0 Å². The topological polar surface area (TPSA) is 82.8 Å². The highest BCUT2D eigenvalue weighted by molar-refractivity contribution is 5.98. The van der Waals surface area contributed by atoms with Crippen molar-refractivity contribution in [3.8, 4) is 22.3 Å². The number of carboxylic acid groups (broad SMARTS) is 1. The zero-order valence-corrected chi connectivity index (χ0v) is 19.6. The number of amides is 2. The Bertz CT molecular complexity index is 1450. The van der Waals surface area contributed by atoms with Gasteiger partial charge in [-0.1, -0.05) is 24.3 Å². The molecule has 0 saturated carbocycles. The second kappa shape index (κ2) is 9.65. The Morgan fingerprint density at radius 2 is 1.57 bits per heavy atom. The molecule has 0 atom stereocenters. The van der Waals surface area contributed by atoms with Gasteiger partial charge < -0.3 is 19.7 Å². The van der Waals surface area contributed by atoms with E-state index < -0.39 is 12.0 Å². The molecule has 0 unspecified atom stereocenters. The van der Waals surface area contributed by atoms with Gasteiger partial charge in [0.2, 0.25) is 0 Å². The molecule has 0 aliphatic carbocycles. The molecule has 0 bridgehead atoms. The molecule has 0 spiro atoms. The van der Waals surface area contributed by atoms with E-state index >= 15 is 0 Å². The highest BCUT2D eigenvalue weighted by Crippen LogP contribution is 2.36. The highest BCUT2D eigenvalue weighted by Gasteiger charge is 2.35. The van der Waals surface area contributed by atoms with Gasteiger partial charge in [-0.05, 0) is 59.2 Å². The first kappa shape index (κ1) is 24.4. The number of hydrogen-bond acceptors (Lipinski definition) is 3. The Morgan fingerprint density at radius 1 is 0.919 bits per heavy atom.